The molecule has 0 amide bonds. The van der Waals surface area contributed by atoms with Crippen molar-refractivity contribution in [3.05, 3.63) is 72.9 Å². The largest absolute Gasteiger partial charge is 0.472 e. The van der Waals surface area contributed by atoms with E-state index in [4.69, 9.17) is 24.3 Å². The van der Waals surface area contributed by atoms with Gasteiger partial charge < -0.3 is 20.1 Å². The number of nitrogens with two attached hydrogens (primary N) is 1. The van der Waals surface area contributed by atoms with Gasteiger partial charge in [-0.05, 0) is 77.0 Å². The van der Waals surface area contributed by atoms with Crippen LogP contribution in [0.2, 0.25) is 0 Å². The molecule has 1 unspecified atom stereocenters. The molecule has 0 aromatic carbocycles. The Morgan fingerprint density at radius 2 is 1.04 bits per heavy atom. The van der Waals surface area contributed by atoms with Gasteiger partial charge in [-0.25, -0.2) is 4.57 Å². The molecular weight excluding hydrogens is 677 g/mol. The first kappa shape index (κ1) is 49.5. The van der Waals surface area contributed by atoms with E-state index >= 15 is 0 Å². The van der Waals surface area contributed by atoms with Gasteiger partial charge in [0, 0.05) is 19.4 Å². The van der Waals surface area contributed by atoms with Crippen molar-refractivity contribution >= 4 is 19.8 Å². The van der Waals surface area contributed by atoms with Crippen LogP contribution in [-0.2, 0) is 32.7 Å². The van der Waals surface area contributed by atoms with Crippen molar-refractivity contribution in [3.8, 4) is 0 Å². The third-order valence-electron chi connectivity index (χ3n) is 7.81. The Morgan fingerprint density at radius 1 is 0.577 bits per heavy atom. The highest BCUT2D eigenvalue weighted by Crippen LogP contribution is 2.43. The van der Waals surface area contributed by atoms with Crippen LogP contribution < -0.4 is 5.73 Å². The van der Waals surface area contributed by atoms with Crippen molar-refractivity contribution in [2.24, 2.45) is 5.73 Å². The fraction of sp³-hybridized carbons (Fsp3) is 0.667. The van der Waals surface area contributed by atoms with Crippen LogP contribution >= 0.6 is 7.82 Å². The summed E-state index contributed by atoms with van der Waals surface area (Å²) < 4.78 is 32.6. The maximum atomic E-state index is 12.5. The Hall–Kier alpha value is -2.55. The van der Waals surface area contributed by atoms with Gasteiger partial charge in [0.2, 0.25) is 0 Å². The maximum Gasteiger partial charge on any atom is 0.472 e. The molecule has 0 rings (SSSR count). The van der Waals surface area contributed by atoms with Gasteiger partial charge in [-0.2, -0.15) is 0 Å². The van der Waals surface area contributed by atoms with Crippen LogP contribution in [0.5, 0.6) is 0 Å². The van der Waals surface area contributed by atoms with Crippen molar-refractivity contribution in [1.82, 2.24) is 0 Å². The minimum atomic E-state index is -4.39. The van der Waals surface area contributed by atoms with Crippen LogP contribution in [0.15, 0.2) is 72.9 Å². The van der Waals surface area contributed by atoms with E-state index in [-0.39, 0.29) is 32.6 Å². The fourth-order valence-corrected chi connectivity index (χ4v) is 5.58. The summed E-state index contributed by atoms with van der Waals surface area (Å²) in [4.78, 5) is 34.7. The summed E-state index contributed by atoms with van der Waals surface area (Å²) in [5.74, 6) is -0.919. The smallest absolute Gasteiger partial charge is 0.462 e. The van der Waals surface area contributed by atoms with Crippen molar-refractivity contribution in [2.75, 3.05) is 26.4 Å². The normalized spacial score (nSPS) is 14.2. The zero-order valence-corrected chi connectivity index (χ0v) is 33.4. The molecule has 298 valence electrons. The van der Waals surface area contributed by atoms with Crippen molar-refractivity contribution < 1.29 is 37.6 Å². The van der Waals surface area contributed by atoms with E-state index in [0.29, 0.717) is 12.8 Å². The standard InChI is InChI=1S/C42H72NO8P/c1-3-5-7-9-11-13-15-17-19-20-21-23-24-26-28-30-32-34-41(44)48-38-40(39-50-52(46,47)49-37-36-43)51-42(45)35-33-31-29-27-25-22-18-16-14-12-10-8-6-4-2/h10-13,16-19,21,23,26,28,40H,3-9,14-15,20,22,24-25,27,29-39,43H2,1-2H3,(H,46,47)/b12-10+,13-11+,18-16+,19-17+,23-21+,28-26+/t40-/m1/s1. The number of phosphoric ester groups is 1. The molecule has 9 nitrogen and oxygen atoms in total. The molecule has 0 saturated carbocycles. The predicted octanol–water partition coefficient (Wildman–Crippen LogP) is 11.1. The first-order valence-corrected chi connectivity index (χ1v) is 21.4. The molecule has 52 heavy (non-hydrogen) atoms. The Bertz CT molecular complexity index is 1080. The Morgan fingerprint density at radius 3 is 1.60 bits per heavy atom. The molecule has 0 heterocycles. The molecule has 2 atom stereocenters. The Labute approximate surface area is 316 Å². The van der Waals surface area contributed by atoms with E-state index in [1.54, 1.807) is 0 Å². The number of carbonyl (C=O) groups excluding carboxylic acids is 2. The molecular formula is C42H72NO8P. The molecule has 10 heteroatoms. The molecule has 0 aliphatic carbocycles. The van der Waals surface area contributed by atoms with Gasteiger partial charge in [-0.3, -0.25) is 18.6 Å². The minimum Gasteiger partial charge on any atom is -0.462 e. The van der Waals surface area contributed by atoms with Gasteiger partial charge in [0.1, 0.15) is 6.61 Å². The number of esters is 2. The predicted molar refractivity (Wildman–Crippen MR) is 215 cm³/mol. The molecule has 0 bridgehead atoms. The third-order valence-corrected chi connectivity index (χ3v) is 8.80. The molecule has 0 aliphatic rings. The summed E-state index contributed by atoms with van der Waals surface area (Å²) in [5, 5.41) is 0. The monoisotopic (exact) mass is 749 g/mol. The lowest BCUT2D eigenvalue weighted by molar-refractivity contribution is -0.161. The molecule has 0 aromatic rings. The molecule has 0 radical (unpaired) electrons. The van der Waals surface area contributed by atoms with Crippen LogP contribution in [0.1, 0.15) is 149 Å². The minimum absolute atomic E-state index is 0.0402. The van der Waals surface area contributed by atoms with Gasteiger partial charge in [0.05, 0.1) is 13.2 Å². The summed E-state index contributed by atoms with van der Waals surface area (Å²) in [6, 6.07) is 0. The van der Waals surface area contributed by atoms with Gasteiger partial charge in [0.15, 0.2) is 6.10 Å². The zero-order chi connectivity index (χ0) is 38.2. The summed E-state index contributed by atoms with van der Waals surface area (Å²) in [7, 11) is -4.39. The molecule has 0 aliphatic heterocycles. The summed E-state index contributed by atoms with van der Waals surface area (Å²) in [5.41, 5.74) is 5.33. The first-order valence-electron chi connectivity index (χ1n) is 19.9. The zero-order valence-electron chi connectivity index (χ0n) is 32.5. The van der Waals surface area contributed by atoms with Crippen molar-refractivity contribution in [1.29, 1.82) is 0 Å². The summed E-state index contributed by atoms with van der Waals surface area (Å²) >= 11 is 0. The van der Waals surface area contributed by atoms with Gasteiger partial charge >= 0.3 is 19.8 Å². The Kier molecular flexibility index (Phi) is 36.3. The van der Waals surface area contributed by atoms with Gasteiger partial charge in [-0.1, -0.05) is 132 Å². The second kappa shape index (κ2) is 38.2. The lowest BCUT2D eigenvalue weighted by atomic mass is 10.1. The lowest BCUT2D eigenvalue weighted by Gasteiger charge is -2.19. The SMILES string of the molecule is CCCC/C=C/C/C=C/CCCCCCCC(=O)O[C@H](COC(=O)CCC/C=C/C/C=C/C/C=C/C/C=C/CCCCC)COP(=O)(O)OCCN. The maximum absolute atomic E-state index is 12.5. The highest BCUT2D eigenvalue weighted by molar-refractivity contribution is 7.47. The van der Waals surface area contributed by atoms with E-state index in [1.165, 1.54) is 38.5 Å². The van der Waals surface area contributed by atoms with Crippen LogP contribution in [0.4, 0.5) is 0 Å². The lowest BCUT2D eigenvalue weighted by Crippen LogP contribution is -2.29. The number of carbonyl (C=O) groups is 2. The van der Waals surface area contributed by atoms with Crippen LogP contribution in [0, 0.1) is 0 Å². The molecule has 0 saturated heterocycles. The fourth-order valence-electron chi connectivity index (χ4n) is 4.82. The average Bonchev–Trinajstić information content (AvgIpc) is 3.13. The van der Waals surface area contributed by atoms with E-state index in [1.807, 2.05) is 6.08 Å². The van der Waals surface area contributed by atoms with E-state index in [9.17, 15) is 19.0 Å². The molecule has 0 spiro atoms. The number of ether oxygens (including phenoxy) is 2. The van der Waals surface area contributed by atoms with Gasteiger partial charge in [-0.15, -0.1) is 0 Å². The first-order chi connectivity index (χ1) is 25.3. The number of phosphoric acid groups is 1. The quantitative estimate of drug-likeness (QED) is 0.0278. The topological polar surface area (TPSA) is 134 Å². The van der Waals surface area contributed by atoms with Crippen molar-refractivity contribution in [2.45, 2.75) is 155 Å². The number of allylic oxidation sites excluding steroid dienone is 12. The highest BCUT2D eigenvalue weighted by Gasteiger charge is 2.25. The number of rotatable bonds is 36. The van der Waals surface area contributed by atoms with E-state index in [2.05, 4.69) is 80.7 Å². The molecule has 0 aromatic heterocycles. The van der Waals surface area contributed by atoms with Crippen LogP contribution in [-0.4, -0.2) is 49.3 Å². The highest BCUT2D eigenvalue weighted by atomic mass is 31.2. The third kappa shape index (κ3) is 37.2. The summed E-state index contributed by atoms with van der Waals surface area (Å²) in [6.45, 7) is 3.55. The van der Waals surface area contributed by atoms with E-state index in [0.717, 1.165) is 70.6 Å². The van der Waals surface area contributed by atoms with Crippen molar-refractivity contribution in [3.63, 3.8) is 0 Å². The number of hydrogen-bond donors (Lipinski definition) is 2. The molecule has 3 N–H and O–H groups in total. The molecule has 0 fully saturated rings. The van der Waals surface area contributed by atoms with Crippen LogP contribution in [0.25, 0.3) is 0 Å². The second-order valence-electron chi connectivity index (χ2n) is 12.8. The Balaban J connectivity index is 4.34. The average molecular weight is 750 g/mol. The number of unbranched alkanes of at least 4 members (excludes halogenated alkanes) is 11. The van der Waals surface area contributed by atoms with Crippen LogP contribution in [0.3, 0.4) is 0 Å². The van der Waals surface area contributed by atoms with E-state index < -0.39 is 32.5 Å². The number of hydrogen-bond acceptors (Lipinski definition) is 8. The summed E-state index contributed by atoms with van der Waals surface area (Å²) in [6.07, 6.45) is 45.1. The second-order valence-corrected chi connectivity index (χ2v) is 14.2. The van der Waals surface area contributed by atoms with Gasteiger partial charge in [0.25, 0.3) is 0 Å².